The molecule has 0 unspecified atom stereocenters. The van der Waals surface area contributed by atoms with Crippen molar-refractivity contribution < 1.29 is 9.53 Å². The van der Waals surface area contributed by atoms with Gasteiger partial charge in [0.1, 0.15) is 11.6 Å². The van der Waals surface area contributed by atoms with Crippen LogP contribution in [-0.2, 0) is 12.8 Å². The van der Waals surface area contributed by atoms with Crippen LogP contribution < -0.4 is 15.4 Å². The van der Waals surface area contributed by atoms with Gasteiger partial charge in [0.15, 0.2) is 11.0 Å². The summed E-state index contributed by atoms with van der Waals surface area (Å²) in [5.74, 6) is 2.38. The number of anilines is 2. The highest BCUT2D eigenvalue weighted by Crippen LogP contribution is 2.26. The Labute approximate surface area is 195 Å². The number of rotatable bonds is 7. The molecule has 0 bridgehead atoms. The van der Waals surface area contributed by atoms with Gasteiger partial charge in [0.05, 0.1) is 18.5 Å². The molecule has 0 fully saturated rings. The normalized spacial score (nSPS) is 10.6. The first-order chi connectivity index (χ1) is 16.0. The maximum atomic E-state index is 12.4. The third-order valence-electron chi connectivity index (χ3n) is 4.78. The first kappa shape index (κ1) is 22.3. The van der Waals surface area contributed by atoms with E-state index in [1.54, 1.807) is 37.3 Å². The van der Waals surface area contributed by atoms with Crippen LogP contribution in [0.1, 0.15) is 11.3 Å². The summed E-state index contributed by atoms with van der Waals surface area (Å²) in [6.45, 7) is 1.94. The highest BCUT2D eigenvalue weighted by molar-refractivity contribution is 7.98. The van der Waals surface area contributed by atoms with Crippen molar-refractivity contribution in [2.24, 2.45) is 7.05 Å². The molecule has 2 N–H and O–H groups in total. The predicted molar refractivity (Wildman–Crippen MR) is 128 cm³/mol. The van der Waals surface area contributed by atoms with Gasteiger partial charge in [0, 0.05) is 30.8 Å². The summed E-state index contributed by atoms with van der Waals surface area (Å²) in [6.07, 6.45) is 3.43. The maximum Gasteiger partial charge on any atom is 0.324 e. The van der Waals surface area contributed by atoms with E-state index in [9.17, 15) is 4.79 Å². The van der Waals surface area contributed by atoms with E-state index < -0.39 is 6.03 Å². The van der Waals surface area contributed by atoms with Crippen LogP contribution in [0.2, 0.25) is 0 Å². The number of aryl methyl sites for hydroxylation is 1. The van der Waals surface area contributed by atoms with Gasteiger partial charge in [-0.05, 0) is 48.9 Å². The van der Waals surface area contributed by atoms with E-state index in [4.69, 9.17) is 4.74 Å². The number of nitrogens with zero attached hydrogens (tertiary/aromatic N) is 5. The van der Waals surface area contributed by atoms with Crippen LogP contribution in [0.4, 0.5) is 16.3 Å². The monoisotopic (exact) mass is 461 g/mol. The van der Waals surface area contributed by atoms with Crippen LogP contribution >= 0.6 is 11.8 Å². The third-order valence-corrected chi connectivity index (χ3v) is 5.83. The van der Waals surface area contributed by atoms with Gasteiger partial charge in [-0.1, -0.05) is 23.9 Å². The first-order valence-electron chi connectivity index (χ1n) is 10.1. The molecule has 0 saturated heterocycles. The quantitative estimate of drug-likeness (QED) is 0.390. The minimum absolute atomic E-state index is 0.411. The smallest absolute Gasteiger partial charge is 0.324 e. The van der Waals surface area contributed by atoms with Crippen LogP contribution in [-0.4, -0.2) is 37.9 Å². The number of carbonyl (C=O) groups is 1. The van der Waals surface area contributed by atoms with E-state index >= 15 is 0 Å². The number of hydrogen-bond acceptors (Lipinski definition) is 7. The van der Waals surface area contributed by atoms with E-state index in [2.05, 4.69) is 30.8 Å². The lowest BCUT2D eigenvalue weighted by Crippen LogP contribution is -2.20. The largest absolute Gasteiger partial charge is 0.495 e. The Hall–Kier alpha value is -3.92. The Balaban J connectivity index is 1.40. The standard InChI is InChI=1S/C23H23N7O2S/c1-15-7-9-19(32-3)18(12-15)26-22(31)27-20-10-8-16(13-25-20)21-28-29-23(30(21)2)33-14-17-6-4-5-11-24-17/h4-13H,14H2,1-3H3,(H2,25,26,27,31). The number of aromatic nitrogens is 5. The molecule has 9 nitrogen and oxygen atoms in total. The fourth-order valence-corrected chi connectivity index (χ4v) is 3.93. The van der Waals surface area contributed by atoms with Gasteiger partial charge < -0.3 is 14.6 Å². The summed E-state index contributed by atoms with van der Waals surface area (Å²) in [6, 6.07) is 14.5. The van der Waals surface area contributed by atoms with E-state index in [-0.39, 0.29) is 0 Å². The van der Waals surface area contributed by atoms with Gasteiger partial charge in [0.25, 0.3) is 0 Å². The van der Waals surface area contributed by atoms with E-state index in [1.807, 2.05) is 61.0 Å². The zero-order chi connectivity index (χ0) is 23.2. The molecule has 4 rings (SSSR count). The Bertz CT molecular complexity index is 1240. The second kappa shape index (κ2) is 10.1. The molecule has 0 aliphatic rings. The molecule has 0 atom stereocenters. The number of benzene rings is 1. The average Bonchev–Trinajstić information content (AvgIpc) is 3.19. The van der Waals surface area contributed by atoms with Crippen molar-refractivity contribution in [3.8, 4) is 17.1 Å². The van der Waals surface area contributed by atoms with Crippen LogP contribution in [0.25, 0.3) is 11.4 Å². The van der Waals surface area contributed by atoms with Crippen molar-refractivity contribution in [2.45, 2.75) is 17.8 Å². The number of amides is 2. The third kappa shape index (κ3) is 5.47. The number of thioether (sulfide) groups is 1. The van der Waals surface area contributed by atoms with Gasteiger partial charge in [-0.25, -0.2) is 9.78 Å². The highest BCUT2D eigenvalue weighted by atomic mass is 32.2. The molecule has 2 amide bonds. The topological polar surface area (TPSA) is 107 Å². The predicted octanol–water partition coefficient (Wildman–Crippen LogP) is 4.53. The Morgan fingerprint density at radius 3 is 2.70 bits per heavy atom. The zero-order valence-electron chi connectivity index (χ0n) is 18.4. The molecule has 168 valence electrons. The molecule has 3 aromatic heterocycles. The summed E-state index contributed by atoms with van der Waals surface area (Å²) in [7, 11) is 3.47. The van der Waals surface area contributed by atoms with Gasteiger partial charge in [-0.2, -0.15) is 0 Å². The molecule has 1 aromatic carbocycles. The van der Waals surface area contributed by atoms with Crippen LogP contribution in [0.3, 0.4) is 0 Å². The SMILES string of the molecule is COc1ccc(C)cc1NC(=O)Nc1ccc(-c2nnc(SCc3ccccn3)n2C)cn1. The van der Waals surface area contributed by atoms with E-state index in [1.165, 1.54) is 0 Å². The Kier molecular flexibility index (Phi) is 6.84. The van der Waals surface area contributed by atoms with Gasteiger partial charge in [0.2, 0.25) is 0 Å². The minimum atomic E-state index is -0.411. The molecule has 0 spiro atoms. The lowest BCUT2D eigenvalue weighted by molar-refractivity contribution is 0.262. The van der Waals surface area contributed by atoms with Crippen molar-refractivity contribution in [3.63, 3.8) is 0 Å². The van der Waals surface area contributed by atoms with Crippen molar-refractivity contribution in [1.82, 2.24) is 24.7 Å². The molecule has 33 heavy (non-hydrogen) atoms. The number of hydrogen-bond donors (Lipinski definition) is 2. The molecular formula is C23H23N7O2S. The summed E-state index contributed by atoms with van der Waals surface area (Å²) < 4.78 is 7.20. The number of methoxy groups -OCH3 is 1. The van der Waals surface area contributed by atoms with Gasteiger partial charge in [-0.15, -0.1) is 10.2 Å². The van der Waals surface area contributed by atoms with Crippen molar-refractivity contribution in [2.75, 3.05) is 17.7 Å². The molecule has 3 heterocycles. The number of ether oxygens (including phenoxy) is 1. The number of pyridine rings is 2. The molecule has 4 aromatic rings. The molecular weight excluding hydrogens is 438 g/mol. The summed E-state index contributed by atoms with van der Waals surface area (Å²) >= 11 is 1.56. The molecule has 0 aliphatic carbocycles. The van der Waals surface area contributed by atoms with Crippen LogP contribution in [0.5, 0.6) is 5.75 Å². The molecule has 0 aliphatic heterocycles. The number of carbonyl (C=O) groups excluding carboxylic acids is 1. The van der Waals surface area contributed by atoms with E-state index in [0.29, 0.717) is 28.8 Å². The number of urea groups is 1. The van der Waals surface area contributed by atoms with E-state index in [0.717, 1.165) is 22.0 Å². The molecule has 0 radical (unpaired) electrons. The summed E-state index contributed by atoms with van der Waals surface area (Å²) in [5.41, 5.74) is 3.36. The second-order valence-electron chi connectivity index (χ2n) is 7.19. The first-order valence-corrected chi connectivity index (χ1v) is 11.1. The van der Waals surface area contributed by atoms with Crippen molar-refractivity contribution in [1.29, 1.82) is 0 Å². The lowest BCUT2D eigenvalue weighted by Gasteiger charge is -2.12. The maximum absolute atomic E-state index is 12.4. The Morgan fingerprint density at radius 2 is 1.97 bits per heavy atom. The highest BCUT2D eigenvalue weighted by Gasteiger charge is 2.13. The Morgan fingerprint density at radius 1 is 1.09 bits per heavy atom. The molecule has 0 saturated carbocycles. The molecule has 10 heteroatoms. The summed E-state index contributed by atoms with van der Waals surface area (Å²) in [5, 5.41) is 14.9. The van der Waals surface area contributed by atoms with Gasteiger partial charge in [-0.3, -0.25) is 10.3 Å². The minimum Gasteiger partial charge on any atom is -0.495 e. The lowest BCUT2D eigenvalue weighted by atomic mass is 10.2. The fraction of sp³-hybridized carbons (Fsp3) is 0.174. The van der Waals surface area contributed by atoms with Crippen molar-refractivity contribution in [3.05, 3.63) is 72.2 Å². The van der Waals surface area contributed by atoms with Gasteiger partial charge >= 0.3 is 6.03 Å². The fourth-order valence-electron chi connectivity index (χ4n) is 3.10. The second-order valence-corrected chi connectivity index (χ2v) is 8.13. The van der Waals surface area contributed by atoms with Crippen molar-refractivity contribution >= 4 is 29.3 Å². The average molecular weight is 462 g/mol. The summed E-state index contributed by atoms with van der Waals surface area (Å²) in [4.78, 5) is 21.1. The van der Waals surface area contributed by atoms with Crippen LogP contribution in [0.15, 0.2) is 66.1 Å². The number of nitrogens with one attached hydrogen (secondary N) is 2. The van der Waals surface area contributed by atoms with Crippen LogP contribution in [0, 0.1) is 6.92 Å². The zero-order valence-corrected chi connectivity index (χ0v) is 19.3.